The van der Waals surface area contributed by atoms with Crippen molar-refractivity contribution in [3.05, 3.63) is 36.3 Å². The number of aromatic nitrogens is 4. The van der Waals surface area contributed by atoms with E-state index in [0.29, 0.717) is 11.4 Å². The van der Waals surface area contributed by atoms with Crippen molar-refractivity contribution in [3.63, 3.8) is 0 Å². The number of fused-ring (bicyclic) bond motifs is 1. The van der Waals surface area contributed by atoms with E-state index in [2.05, 4.69) is 38.4 Å². The van der Waals surface area contributed by atoms with Gasteiger partial charge < -0.3 is 20.8 Å². The van der Waals surface area contributed by atoms with Crippen molar-refractivity contribution in [2.45, 2.75) is 26.8 Å². The highest BCUT2D eigenvalue weighted by Crippen LogP contribution is 2.24. The molecule has 0 aliphatic rings. The molecule has 24 heavy (non-hydrogen) atoms. The van der Waals surface area contributed by atoms with Crippen LogP contribution in [0.4, 0.5) is 5.69 Å². The number of hydrogen-bond acceptors (Lipinski definition) is 5. The number of hydrogen-bond donors (Lipinski definition) is 2. The van der Waals surface area contributed by atoms with E-state index in [4.69, 9.17) is 16.2 Å². The Balaban J connectivity index is 1.94. The van der Waals surface area contributed by atoms with E-state index in [-0.39, 0.29) is 12.0 Å². The first-order valence-electron chi connectivity index (χ1n) is 7.70. The van der Waals surface area contributed by atoms with Crippen molar-refractivity contribution >= 4 is 22.8 Å². The number of aliphatic imine (C=N–C) groups is 1. The molecule has 2 heterocycles. The highest BCUT2D eigenvalue weighted by Gasteiger charge is 2.12. The summed E-state index contributed by atoms with van der Waals surface area (Å²) in [6.07, 6.45) is 2.50. The molecule has 0 aliphatic heterocycles. The first-order valence-corrected chi connectivity index (χ1v) is 7.70. The molecule has 0 radical (unpaired) electrons. The Morgan fingerprint density at radius 3 is 2.79 bits per heavy atom. The van der Waals surface area contributed by atoms with Crippen LogP contribution >= 0.6 is 0 Å². The average Bonchev–Trinajstić information content (AvgIpc) is 2.91. The van der Waals surface area contributed by atoms with E-state index in [9.17, 15) is 0 Å². The molecule has 4 N–H and O–H groups in total. The van der Waals surface area contributed by atoms with Crippen molar-refractivity contribution in [2.75, 3.05) is 0 Å². The highest BCUT2D eigenvalue weighted by molar-refractivity contribution is 5.79. The van der Waals surface area contributed by atoms with Crippen LogP contribution in [0.15, 0.2) is 35.5 Å². The predicted molar refractivity (Wildman–Crippen MR) is 92.4 cm³/mol. The zero-order valence-electron chi connectivity index (χ0n) is 13.6. The van der Waals surface area contributed by atoms with Crippen LogP contribution in [0.1, 0.15) is 19.7 Å². The number of aryl methyl sites for hydroxylation is 2. The molecule has 0 saturated carbocycles. The molecule has 0 bridgehead atoms. The quantitative estimate of drug-likeness (QED) is 0.548. The molecule has 0 fully saturated rings. The van der Waals surface area contributed by atoms with E-state index in [1.165, 1.54) is 0 Å². The van der Waals surface area contributed by atoms with Gasteiger partial charge in [-0.1, -0.05) is 13.0 Å². The van der Waals surface area contributed by atoms with Crippen molar-refractivity contribution < 1.29 is 4.74 Å². The summed E-state index contributed by atoms with van der Waals surface area (Å²) < 4.78 is 7.79. The largest absolute Gasteiger partial charge is 0.424 e. The van der Waals surface area contributed by atoms with Gasteiger partial charge in [0.2, 0.25) is 0 Å². The number of ether oxygens (including phenoxy) is 1. The lowest BCUT2D eigenvalue weighted by molar-refractivity contribution is 0.443. The lowest BCUT2D eigenvalue weighted by Crippen LogP contribution is -2.21. The van der Waals surface area contributed by atoms with Gasteiger partial charge in [-0.25, -0.2) is 15.0 Å². The molecule has 8 heteroatoms. The highest BCUT2D eigenvalue weighted by atomic mass is 16.5. The van der Waals surface area contributed by atoms with Crippen LogP contribution in [-0.4, -0.2) is 25.5 Å². The molecule has 3 rings (SSSR count). The Morgan fingerprint density at radius 2 is 2.08 bits per heavy atom. The third-order valence-electron chi connectivity index (χ3n) is 3.46. The van der Waals surface area contributed by atoms with Gasteiger partial charge in [0, 0.05) is 19.0 Å². The predicted octanol–water partition coefficient (Wildman–Crippen LogP) is 2.11. The molecule has 0 amide bonds. The van der Waals surface area contributed by atoms with Gasteiger partial charge in [-0.05, 0) is 19.1 Å². The summed E-state index contributed by atoms with van der Waals surface area (Å²) in [4.78, 5) is 17.2. The minimum absolute atomic E-state index is 0.0104. The maximum Gasteiger partial charge on any atom is 0.324 e. The molecular weight excluding hydrogens is 306 g/mol. The normalized spacial score (nSPS) is 10.8. The summed E-state index contributed by atoms with van der Waals surface area (Å²) in [5, 5.41) is 0. The van der Waals surface area contributed by atoms with Gasteiger partial charge in [0.15, 0.2) is 11.6 Å². The lowest BCUT2D eigenvalue weighted by atomic mass is 10.3. The van der Waals surface area contributed by atoms with Crippen LogP contribution in [0.25, 0.3) is 11.2 Å². The fourth-order valence-electron chi connectivity index (χ4n) is 2.47. The minimum atomic E-state index is -0.0104. The summed E-state index contributed by atoms with van der Waals surface area (Å²) in [6.45, 7) is 4.91. The van der Waals surface area contributed by atoms with Gasteiger partial charge in [-0.15, -0.1) is 0 Å². The van der Waals surface area contributed by atoms with E-state index >= 15 is 0 Å². The molecule has 2 aromatic heterocycles. The SMILES string of the molecule is CCc1nc2cnc(Oc3cccc(N=C(N)N)c3)nc2n1CC. The van der Waals surface area contributed by atoms with Crippen LogP contribution in [0.5, 0.6) is 11.8 Å². The summed E-state index contributed by atoms with van der Waals surface area (Å²) in [7, 11) is 0. The second kappa shape index (κ2) is 6.53. The molecule has 0 saturated heterocycles. The Hall–Kier alpha value is -3.16. The first kappa shape index (κ1) is 15.7. The number of nitrogens with two attached hydrogens (primary N) is 2. The molecule has 0 aliphatic carbocycles. The average molecular weight is 325 g/mol. The number of guanidine groups is 1. The van der Waals surface area contributed by atoms with Gasteiger partial charge in [0.25, 0.3) is 0 Å². The van der Waals surface area contributed by atoms with Crippen LogP contribution < -0.4 is 16.2 Å². The molecule has 0 unspecified atom stereocenters. The first-order chi connectivity index (χ1) is 11.6. The molecule has 3 aromatic rings. The van der Waals surface area contributed by atoms with Gasteiger partial charge in [-0.3, -0.25) is 0 Å². The van der Waals surface area contributed by atoms with Crippen LogP contribution in [0.3, 0.4) is 0 Å². The molecular formula is C16H19N7O. The van der Waals surface area contributed by atoms with E-state index in [1.807, 2.05) is 0 Å². The lowest BCUT2D eigenvalue weighted by Gasteiger charge is -2.06. The third-order valence-corrected chi connectivity index (χ3v) is 3.46. The summed E-state index contributed by atoms with van der Waals surface area (Å²) in [5.41, 5.74) is 12.9. The Labute approximate surface area is 139 Å². The number of benzene rings is 1. The summed E-state index contributed by atoms with van der Waals surface area (Å²) in [5.74, 6) is 1.52. The second-order valence-corrected chi connectivity index (χ2v) is 5.12. The monoisotopic (exact) mass is 325 g/mol. The molecule has 124 valence electrons. The number of rotatable bonds is 5. The second-order valence-electron chi connectivity index (χ2n) is 5.12. The maximum atomic E-state index is 5.74. The number of nitrogens with zero attached hydrogens (tertiary/aromatic N) is 5. The number of imidazole rings is 1. The Kier molecular flexibility index (Phi) is 4.28. The van der Waals surface area contributed by atoms with Crippen LogP contribution in [0.2, 0.25) is 0 Å². The van der Waals surface area contributed by atoms with Crippen molar-refractivity contribution in [1.82, 2.24) is 19.5 Å². The van der Waals surface area contributed by atoms with Gasteiger partial charge in [-0.2, -0.15) is 4.98 Å². The zero-order chi connectivity index (χ0) is 17.1. The Bertz CT molecular complexity index is 897. The summed E-state index contributed by atoms with van der Waals surface area (Å²) in [6, 6.07) is 7.31. The maximum absolute atomic E-state index is 5.74. The smallest absolute Gasteiger partial charge is 0.324 e. The Morgan fingerprint density at radius 1 is 1.25 bits per heavy atom. The van der Waals surface area contributed by atoms with Crippen molar-refractivity contribution in [2.24, 2.45) is 16.5 Å². The van der Waals surface area contributed by atoms with Gasteiger partial charge >= 0.3 is 6.01 Å². The standard InChI is InChI=1S/C16H19N7O/c1-3-13-21-12-9-19-16(22-14(12)23(13)4-2)24-11-7-5-6-10(8-11)20-15(17)18/h5-9H,3-4H2,1-2H3,(H4,17,18,20). The van der Waals surface area contributed by atoms with Gasteiger partial charge in [0.05, 0.1) is 11.9 Å². The van der Waals surface area contributed by atoms with Crippen LogP contribution in [0, 0.1) is 0 Å². The van der Waals surface area contributed by atoms with Gasteiger partial charge in [0.1, 0.15) is 17.1 Å². The fraction of sp³-hybridized carbons (Fsp3) is 0.250. The topological polar surface area (TPSA) is 117 Å². The molecule has 0 atom stereocenters. The zero-order valence-corrected chi connectivity index (χ0v) is 13.6. The fourth-order valence-corrected chi connectivity index (χ4v) is 2.47. The van der Waals surface area contributed by atoms with E-state index in [1.54, 1.807) is 30.5 Å². The third kappa shape index (κ3) is 3.12. The molecule has 1 aromatic carbocycles. The van der Waals surface area contributed by atoms with E-state index in [0.717, 1.165) is 30.0 Å². The van der Waals surface area contributed by atoms with Crippen molar-refractivity contribution in [3.8, 4) is 11.8 Å². The van der Waals surface area contributed by atoms with E-state index < -0.39 is 0 Å². The van der Waals surface area contributed by atoms with Crippen molar-refractivity contribution in [1.29, 1.82) is 0 Å². The minimum Gasteiger partial charge on any atom is -0.424 e. The summed E-state index contributed by atoms with van der Waals surface area (Å²) >= 11 is 0. The molecule has 8 nitrogen and oxygen atoms in total. The van der Waals surface area contributed by atoms with Crippen LogP contribution in [-0.2, 0) is 13.0 Å². The molecule has 0 spiro atoms.